The van der Waals surface area contributed by atoms with Crippen molar-refractivity contribution in [3.05, 3.63) is 22.7 Å². The van der Waals surface area contributed by atoms with Crippen molar-refractivity contribution in [3.8, 4) is 5.75 Å². The molecule has 0 radical (unpaired) electrons. The fourth-order valence-corrected chi connectivity index (χ4v) is 3.24. The van der Waals surface area contributed by atoms with Gasteiger partial charge in [-0.05, 0) is 40.5 Å². The summed E-state index contributed by atoms with van der Waals surface area (Å²) in [7, 11) is 1.59. The Bertz CT molecular complexity index is 517. The molecule has 0 spiro atoms. The zero-order chi connectivity index (χ0) is 15.0. The molecule has 0 bridgehead atoms. The van der Waals surface area contributed by atoms with E-state index in [9.17, 15) is 8.42 Å². The lowest BCUT2D eigenvalue weighted by atomic mass is 10.1. The lowest BCUT2D eigenvalue weighted by Gasteiger charge is -2.09. The van der Waals surface area contributed by atoms with Crippen molar-refractivity contribution in [1.29, 1.82) is 0 Å². The predicted molar refractivity (Wildman–Crippen MR) is 86.1 cm³/mol. The van der Waals surface area contributed by atoms with Crippen molar-refractivity contribution in [2.24, 2.45) is 0 Å². The van der Waals surface area contributed by atoms with Crippen molar-refractivity contribution in [2.45, 2.75) is 50.3 Å². The van der Waals surface area contributed by atoms with Crippen LogP contribution in [0, 0.1) is 0 Å². The van der Waals surface area contributed by atoms with E-state index in [0.29, 0.717) is 16.8 Å². The third-order valence-electron chi connectivity index (χ3n) is 2.94. The summed E-state index contributed by atoms with van der Waals surface area (Å²) in [5.41, 5.74) is 0. The molecule has 0 aliphatic carbocycles. The zero-order valence-electron chi connectivity index (χ0n) is 11.6. The third-order valence-corrected chi connectivity index (χ3v) is 4.91. The summed E-state index contributed by atoms with van der Waals surface area (Å²) in [4.78, 5) is 0.0676. The van der Waals surface area contributed by atoms with Crippen molar-refractivity contribution < 1.29 is 13.2 Å². The second-order valence-corrected chi connectivity index (χ2v) is 8.07. The van der Waals surface area contributed by atoms with E-state index in [4.69, 9.17) is 15.4 Å². The highest BCUT2D eigenvalue weighted by Crippen LogP contribution is 2.29. The van der Waals surface area contributed by atoms with Gasteiger partial charge in [0.25, 0.3) is 9.05 Å². The first-order valence-corrected chi connectivity index (χ1v) is 9.92. The molecule has 1 aromatic rings. The van der Waals surface area contributed by atoms with Gasteiger partial charge in [-0.2, -0.15) is 0 Å². The van der Waals surface area contributed by atoms with Crippen LogP contribution in [-0.2, 0) is 9.05 Å². The zero-order valence-corrected chi connectivity index (χ0v) is 14.7. The number of ether oxygens (including phenoxy) is 1. The van der Waals surface area contributed by atoms with E-state index < -0.39 is 9.05 Å². The van der Waals surface area contributed by atoms with Crippen molar-refractivity contribution in [2.75, 3.05) is 6.61 Å². The molecule has 114 valence electrons. The molecule has 0 saturated heterocycles. The molecule has 0 aliphatic heterocycles. The molecule has 0 amide bonds. The summed E-state index contributed by atoms with van der Waals surface area (Å²) in [6, 6.07) is 4.53. The molecular weight excluding hydrogens is 364 g/mol. The van der Waals surface area contributed by atoms with Gasteiger partial charge >= 0.3 is 0 Å². The molecule has 0 unspecified atom stereocenters. The number of unbranched alkanes of at least 4 members (excludes halogenated alkanes) is 5. The highest BCUT2D eigenvalue weighted by atomic mass is 79.9. The molecular formula is C14H20BrClO3S. The van der Waals surface area contributed by atoms with Crippen LogP contribution in [0.1, 0.15) is 45.4 Å². The first-order valence-electron chi connectivity index (χ1n) is 6.82. The Morgan fingerprint density at radius 1 is 1.15 bits per heavy atom. The molecule has 0 aromatic heterocycles. The Labute approximate surface area is 134 Å². The Morgan fingerprint density at radius 3 is 2.40 bits per heavy atom. The Hall–Kier alpha value is -0.260. The molecule has 0 aliphatic rings. The number of rotatable bonds is 9. The number of benzene rings is 1. The second-order valence-electron chi connectivity index (χ2n) is 4.65. The molecule has 20 heavy (non-hydrogen) atoms. The smallest absolute Gasteiger partial charge is 0.261 e. The maximum Gasteiger partial charge on any atom is 0.261 e. The van der Waals surface area contributed by atoms with Crippen LogP contribution in [0.4, 0.5) is 0 Å². The van der Waals surface area contributed by atoms with Crippen molar-refractivity contribution in [1.82, 2.24) is 0 Å². The Kier molecular flexibility index (Phi) is 7.92. The summed E-state index contributed by atoms with van der Waals surface area (Å²) < 4.78 is 28.6. The molecule has 1 rings (SSSR count). The highest BCUT2D eigenvalue weighted by molar-refractivity contribution is 9.10. The van der Waals surface area contributed by atoms with E-state index in [1.54, 1.807) is 6.07 Å². The van der Waals surface area contributed by atoms with E-state index in [1.165, 1.54) is 37.8 Å². The molecule has 3 nitrogen and oxygen atoms in total. The Morgan fingerprint density at radius 2 is 1.80 bits per heavy atom. The van der Waals surface area contributed by atoms with E-state index >= 15 is 0 Å². The summed E-state index contributed by atoms with van der Waals surface area (Å²) in [6.45, 7) is 2.84. The van der Waals surface area contributed by atoms with E-state index in [0.717, 1.165) is 12.8 Å². The quantitative estimate of drug-likeness (QED) is 0.439. The monoisotopic (exact) mass is 382 g/mol. The largest absolute Gasteiger partial charge is 0.492 e. The molecule has 0 N–H and O–H groups in total. The van der Waals surface area contributed by atoms with Crippen LogP contribution in [-0.4, -0.2) is 15.0 Å². The fraction of sp³-hybridized carbons (Fsp3) is 0.571. The minimum absolute atomic E-state index is 0.0676. The molecule has 0 atom stereocenters. The standard InChI is InChI=1S/C14H20BrClO3S/c1-2-3-4-5-6-7-10-19-14-9-8-12(11-13(14)15)20(16,17)18/h8-9,11H,2-7,10H2,1H3. The molecule has 0 heterocycles. The summed E-state index contributed by atoms with van der Waals surface area (Å²) >= 11 is 3.29. The van der Waals surface area contributed by atoms with Crippen LogP contribution >= 0.6 is 26.6 Å². The lowest BCUT2D eigenvalue weighted by Crippen LogP contribution is -1.99. The van der Waals surface area contributed by atoms with Gasteiger partial charge in [0.2, 0.25) is 0 Å². The topological polar surface area (TPSA) is 43.4 Å². The van der Waals surface area contributed by atoms with Gasteiger partial charge in [-0.3, -0.25) is 0 Å². The second kappa shape index (κ2) is 8.90. The lowest BCUT2D eigenvalue weighted by molar-refractivity contribution is 0.302. The number of hydrogen-bond acceptors (Lipinski definition) is 3. The van der Waals surface area contributed by atoms with Crippen LogP contribution in [0.5, 0.6) is 5.75 Å². The van der Waals surface area contributed by atoms with Crippen LogP contribution < -0.4 is 4.74 Å². The van der Waals surface area contributed by atoms with Gasteiger partial charge in [0.15, 0.2) is 0 Å². The maximum atomic E-state index is 11.2. The predicted octanol–water partition coefficient (Wildman–Crippen LogP) is 5.12. The van der Waals surface area contributed by atoms with Crippen molar-refractivity contribution in [3.63, 3.8) is 0 Å². The van der Waals surface area contributed by atoms with Gasteiger partial charge in [0.05, 0.1) is 16.0 Å². The summed E-state index contributed by atoms with van der Waals surface area (Å²) in [6.07, 6.45) is 7.22. The Balaban J connectivity index is 2.38. The summed E-state index contributed by atoms with van der Waals surface area (Å²) in [5.74, 6) is 0.641. The van der Waals surface area contributed by atoms with Gasteiger partial charge in [0, 0.05) is 10.7 Å². The van der Waals surface area contributed by atoms with E-state index in [2.05, 4.69) is 22.9 Å². The van der Waals surface area contributed by atoms with Crippen LogP contribution in [0.25, 0.3) is 0 Å². The minimum Gasteiger partial charge on any atom is -0.492 e. The van der Waals surface area contributed by atoms with E-state index in [-0.39, 0.29) is 4.90 Å². The van der Waals surface area contributed by atoms with Gasteiger partial charge in [-0.25, -0.2) is 8.42 Å². The van der Waals surface area contributed by atoms with Gasteiger partial charge in [-0.15, -0.1) is 0 Å². The first kappa shape index (κ1) is 17.8. The molecule has 1 aromatic carbocycles. The van der Waals surface area contributed by atoms with Gasteiger partial charge < -0.3 is 4.74 Å². The fourth-order valence-electron chi connectivity index (χ4n) is 1.81. The van der Waals surface area contributed by atoms with Crippen LogP contribution in [0.3, 0.4) is 0 Å². The first-order chi connectivity index (χ1) is 9.45. The number of hydrogen-bond donors (Lipinski definition) is 0. The minimum atomic E-state index is -3.69. The van der Waals surface area contributed by atoms with Crippen molar-refractivity contribution >= 4 is 35.7 Å². The average molecular weight is 384 g/mol. The van der Waals surface area contributed by atoms with Crippen LogP contribution in [0.15, 0.2) is 27.6 Å². The molecule has 6 heteroatoms. The van der Waals surface area contributed by atoms with E-state index in [1.807, 2.05) is 0 Å². The SMILES string of the molecule is CCCCCCCCOc1ccc(S(=O)(=O)Cl)cc1Br. The van der Waals surface area contributed by atoms with Crippen LogP contribution in [0.2, 0.25) is 0 Å². The molecule has 0 saturated carbocycles. The third kappa shape index (κ3) is 6.46. The highest BCUT2D eigenvalue weighted by Gasteiger charge is 2.12. The molecule has 0 fully saturated rings. The average Bonchev–Trinajstić information content (AvgIpc) is 2.38. The summed E-state index contributed by atoms with van der Waals surface area (Å²) in [5, 5.41) is 0. The van der Waals surface area contributed by atoms with Gasteiger partial charge in [0.1, 0.15) is 5.75 Å². The normalized spacial score (nSPS) is 11.6. The van der Waals surface area contributed by atoms with Gasteiger partial charge in [-0.1, -0.05) is 39.0 Å². The maximum absolute atomic E-state index is 11.2. The number of halogens is 2.